The van der Waals surface area contributed by atoms with Crippen LogP contribution in [-0.4, -0.2) is 164 Å². The second-order valence-corrected chi connectivity index (χ2v) is 20.9. The summed E-state index contributed by atoms with van der Waals surface area (Å²) in [5.41, 5.74) is 1.72. The number of aldehydes is 2. The van der Waals surface area contributed by atoms with Crippen molar-refractivity contribution in [1.82, 2.24) is 19.6 Å². The Balaban J connectivity index is 2.28. The van der Waals surface area contributed by atoms with Crippen molar-refractivity contribution in [3.05, 3.63) is 70.8 Å². The lowest BCUT2D eigenvalue weighted by atomic mass is 9.84. The number of amides is 4. The third-order valence-corrected chi connectivity index (χ3v) is 12.9. The lowest BCUT2D eigenvalue weighted by Gasteiger charge is -2.35. The molecule has 1 aliphatic heterocycles. The maximum atomic E-state index is 14.8. The molecule has 3 rings (SSSR count). The summed E-state index contributed by atoms with van der Waals surface area (Å²) < 4.78 is 23.8. The van der Waals surface area contributed by atoms with E-state index in [0.29, 0.717) is 41.2 Å². The number of carbonyl (C=O) groups is 10. The van der Waals surface area contributed by atoms with E-state index < -0.39 is 96.1 Å². The number of carbonyl (C=O) groups excluding carboxylic acids is 10. The van der Waals surface area contributed by atoms with Crippen LogP contribution >= 0.6 is 0 Å². The number of nitrogens with zero attached hydrogens (tertiary/aromatic N) is 4. The number of benzene rings is 2. The van der Waals surface area contributed by atoms with Gasteiger partial charge in [-0.1, -0.05) is 109 Å². The zero-order valence-corrected chi connectivity index (χ0v) is 45.2. The van der Waals surface area contributed by atoms with Crippen LogP contribution < -0.4 is 0 Å². The van der Waals surface area contributed by atoms with Crippen LogP contribution in [0.5, 0.6) is 0 Å². The number of cyclic esters (lactones) is 4. The molecule has 0 saturated carbocycles. The Morgan fingerprint density at radius 1 is 0.466 bits per heavy atom. The van der Waals surface area contributed by atoms with Crippen molar-refractivity contribution < 1.29 is 66.9 Å². The molecule has 18 nitrogen and oxygen atoms in total. The highest BCUT2D eigenvalue weighted by Crippen LogP contribution is 2.24. The van der Waals surface area contributed by atoms with Gasteiger partial charge in [-0.3, -0.25) is 28.8 Å². The minimum absolute atomic E-state index is 0.0518. The molecular formula is C54H77BN4O14. The van der Waals surface area contributed by atoms with Gasteiger partial charge >= 0.3 is 23.9 Å². The second-order valence-electron chi connectivity index (χ2n) is 20.9. The Morgan fingerprint density at radius 3 is 1.05 bits per heavy atom. The molecule has 0 bridgehead atoms. The molecule has 0 N–H and O–H groups in total. The van der Waals surface area contributed by atoms with E-state index in [1.165, 1.54) is 66.3 Å². The Bertz CT molecular complexity index is 2240. The van der Waals surface area contributed by atoms with Crippen molar-refractivity contribution in [2.45, 2.75) is 162 Å². The quantitative estimate of drug-likeness (QED) is 0.104. The number of likely N-dealkylation sites (N-methyl/N-ethyl adjacent to an activating group) is 4. The normalized spacial score (nSPS) is 24.5. The van der Waals surface area contributed by atoms with Gasteiger partial charge in [-0.2, -0.15) is 0 Å². The minimum Gasteiger partial charge on any atom is -0.451 e. The molecule has 400 valence electrons. The Hall–Kier alpha value is -6.40. The minimum atomic E-state index is -1.58. The SMILES string of the molecule is BC(C)CC[C@H]1C(=O)O[C@H](Cc2ccc(C=O)cc2)C(=O)N(C)[C@@H](CC(C)C)C(=O)O[C@H](C)C(=O)N(C)[C@@H](CC(C)C)C(=O)O[C@H](Cc2ccc(C=O)cc2)C(=O)N(C)[C@@H](CC(C)C)C(=O)O[C@H](C)C(=O)N1C. The van der Waals surface area contributed by atoms with Crippen LogP contribution in [0.2, 0.25) is 5.82 Å². The zero-order valence-electron chi connectivity index (χ0n) is 45.2. The van der Waals surface area contributed by atoms with Crippen LogP contribution in [0.4, 0.5) is 0 Å². The molecular weight excluding hydrogens is 939 g/mol. The average Bonchev–Trinajstić information content (AvgIpc) is 3.34. The summed E-state index contributed by atoms with van der Waals surface area (Å²) in [7, 11) is 7.32. The van der Waals surface area contributed by atoms with Gasteiger partial charge in [0.25, 0.3) is 23.6 Å². The molecule has 0 spiro atoms. The first-order valence-electron chi connectivity index (χ1n) is 25.2. The first kappa shape index (κ1) is 60.9. The smallest absolute Gasteiger partial charge is 0.329 e. The molecule has 4 amide bonds. The second kappa shape index (κ2) is 28.2. The maximum Gasteiger partial charge on any atom is 0.329 e. The molecule has 2 aromatic rings. The van der Waals surface area contributed by atoms with Crippen molar-refractivity contribution in [1.29, 1.82) is 0 Å². The van der Waals surface area contributed by atoms with E-state index in [2.05, 4.69) is 0 Å². The molecule has 1 heterocycles. The van der Waals surface area contributed by atoms with Gasteiger partial charge in [0.1, 0.15) is 44.6 Å². The molecule has 1 aliphatic rings. The van der Waals surface area contributed by atoms with Crippen LogP contribution in [0.15, 0.2) is 48.5 Å². The van der Waals surface area contributed by atoms with E-state index in [9.17, 15) is 47.9 Å². The monoisotopic (exact) mass is 1020 g/mol. The number of hydrogen-bond donors (Lipinski definition) is 0. The molecule has 1 saturated heterocycles. The van der Waals surface area contributed by atoms with Crippen LogP contribution in [0.1, 0.15) is 126 Å². The van der Waals surface area contributed by atoms with Crippen molar-refractivity contribution >= 4 is 67.9 Å². The fourth-order valence-corrected chi connectivity index (χ4v) is 8.48. The lowest BCUT2D eigenvalue weighted by Crippen LogP contribution is -2.54. The molecule has 0 aliphatic carbocycles. The summed E-state index contributed by atoms with van der Waals surface area (Å²) in [5.74, 6) is -7.57. The number of rotatable bonds is 15. The molecule has 1 fully saturated rings. The van der Waals surface area contributed by atoms with Gasteiger partial charge in [-0.15, -0.1) is 0 Å². The highest BCUT2D eigenvalue weighted by atomic mass is 16.6. The van der Waals surface area contributed by atoms with Gasteiger partial charge in [-0.05, 0) is 68.4 Å². The predicted molar refractivity (Wildman–Crippen MR) is 274 cm³/mol. The topological polar surface area (TPSA) is 221 Å². The van der Waals surface area contributed by atoms with Gasteiger partial charge in [0.15, 0.2) is 24.4 Å². The predicted octanol–water partition coefficient (Wildman–Crippen LogP) is 4.47. The highest BCUT2D eigenvalue weighted by Gasteiger charge is 2.43. The summed E-state index contributed by atoms with van der Waals surface area (Å²) in [4.78, 5) is 143. The van der Waals surface area contributed by atoms with E-state index in [-0.39, 0.29) is 62.1 Å². The van der Waals surface area contributed by atoms with E-state index in [1.54, 1.807) is 24.3 Å². The Morgan fingerprint density at radius 2 is 0.753 bits per heavy atom. The molecule has 0 aromatic heterocycles. The molecule has 73 heavy (non-hydrogen) atoms. The first-order chi connectivity index (χ1) is 34.2. The van der Waals surface area contributed by atoms with Gasteiger partial charge in [0, 0.05) is 52.2 Å². The van der Waals surface area contributed by atoms with Gasteiger partial charge in [-0.25, -0.2) is 19.2 Å². The average molecular weight is 1020 g/mol. The number of ether oxygens (including phenoxy) is 4. The zero-order chi connectivity index (χ0) is 55.0. The van der Waals surface area contributed by atoms with Crippen LogP contribution in [0.3, 0.4) is 0 Å². The largest absolute Gasteiger partial charge is 0.451 e. The van der Waals surface area contributed by atoms with Gasteiger partial charge < -0.3 is 38.5 Å². The fraction of sp³-hybridized carbons (Fsp3) is 0.593. The van der Waals surface area contributed by atoms with Crippen LogP contribution in [-0.2, 0) is 70.1 Å². The third-order valence-electron chi connectivity index (χ3n) is 12.9. The number of hydrogen-bond acceptors (Lipinski definition) is 14. The van der Waals surface area contributed by atoms with Gasteiger partial charge in [0.2, 0.25) is 0 Å². The molecule has 9 atom stereocenters. The molecule has 0 radical (unpaired) electrons. The third kappa shape index (κ3) is 17.7. The van der Waals surface area contributed by atoms with E-state index in [4.69, 9.17) is 18.9 Å². The van der Waals surface area contributed by atoms with Crippen molar-refractivity contribution in [3.8, 4) is 0 Å². The van der Waals surface area contributed by atoms with Crippen LogP contribution in [0, 0.1) is 17.8 Å². The van der Waals surface area contributed by atoms with Crippen molar-refractivity contribution in [3.63, 3.8) is 0 Å². The summed E-state index contributed by atoms with van der Waals surface area (Å²) in [6.45, 7) is 15.5. The lowest BCUT2D eigenvalue weighted by molar-refractivity contribution is -0.176. The van der Waals surface area contributed by atoms with E-state index >= 15 is 0 Å². The highest BCUT2D eigenvalue weighted by molar-refractivity contribution is 6.11. The standard InChI is InChI=1S/C54H77BN4O14/c1-31(2)24-42-52(67)70-35(8)47(62)56(10)41(23-14-34(7)55)51(66)72-45(27-37-15-19-39(29-60)20-16-37)49(64)58(12)43(25-32(3)4)53(68)71-36(9)48(63)57(11)44(26-33(5)6)54(69)73-46(50(65)59(42)13)28-38-17-21-40(30-61)22-18-38/h15-22,29-36,41-46H,14,23-28,55H2,1-13H3/t34?,35-,36-,41+,42+,43+,44+,45-,46-/m1/s1. The fourth-order valence-electron chi connectivity index (χ4n) is 8.48. The van der Waals surface area contributed by atoms with E-state index in [0.717, 1.165) is 19.6 Å². The summed E-state index contributed by atoms with van der Waals surface area (Å²) in [5, 5.41) is 0. The Labute approximate surface area is 431 Å². The molecule has 1 unspecified atom stereocenters. The van der Waals surface area contributed by atoms with E-state index in [1.807, 2.05) is 56.3 Å². The molecule has 19 heteroatoms. The summed E-state index contributed by atoms with van der Waals surface area (Å²) in [6.07, 6.45) is -4.60. The van der Waals surface area contributed by atoms with Gasteiger partial charge in [0.05, 0.1) is 0 Å². The summed E-state index contributed by atoms with van der Waals surface area (Å²) in [6, 6.07) is 7.27. The molecule has 2 aromatic carbocycles. The first-order valence-corrected chi connectivity index (χ1v) is 25.2. The maximum absolute atomic E-state index is 14.8. The summed E-state index contributed by atoms with van der Waals surface area (Å²) >= 11 is 0. The Kier molecular flexibility index (Phi) is 23.5. The van der Waals surface area contributed by atoms with Crippen molar-refractivity contribution in [2.75, 3.05) is 28.2 Å². The van der Waals surface area contributed by atoms with Crippen molar-refractivity contribution in [2.24, 2.45) is 17.8 Å². The number of esters is 4. The van der Waals surface area contributed by atoms with Crippen LogP contribution in [0.25, 0.3) is 0 Å².